The highest BCUT2D eigenvalue weighted by molar-refractivity contribution is 7.94. The Morgan fingerprint density at radius 3 is 2.22 bits per heavy atom. The summed E-state index contributed by atoms with van der Waals surface area (Å²) in [5, 5.41) is 6.20. The highest BCUT2D eigenvalue weighted by Gasteiger charge is 2.41. The van der Waals surface area contributed by atoms with Crippen molar-refractivity contribution in [3.05, 3.63) is 60.4 Å². The summed E-state index contributed by atoms with van der Waals surface area (Å²) in [6.07, 6.45) is 2.46. The number of Topliss-reactive ketones (excluding diaryl/α,β-unsaturated/α-hetero) is 1. The Balaban J connectivity index is 1.50. The van der Waals surface area contributed by atoms with Crippen molar-refractivity contribution >= 4 is 36.6 Å². The Kier molecular flexibility index (Phi) is 5.77. The number of furan rings is 1. The number of nitrogens with two attached hydrogens (primary N) is 1. The molecular weight excluding hydrogens is 450 g/mol. The topological polar surface area (TPSA) is 125 Å². The molecule has 32 heavy (non-hydrogen) atoms. The van der Waals surface area contributed by atoms with Gasteiger partial charge >= 0.3 is 0 Å². The highest BCUT2D eigenvalue weighted by atomic mass is 32.2. The lowest BCUT2D eigenvalue weighted by Crippen LogP contribution is -2.36. The standard InChI is InChI=1S/C23H25NO6S2/c1-23(12-10-16(11-13-23)19-14-17-6-2-3-7-18(17)30-19)22(25)15-31(26,27)20-8-4-5-9-21(20)32(24,28)29/h2-9,14,16H,10-13,15H2,1H3,(H2,24,28,29). The van der Waals surface area contributed by atoms with Gasteiger partial charge in [-0.15, -0.1) is 0 Å². The van der Waals surface area contributed by atoms with Crippen molar-refractivity contribution in [1.82, 2.24) is 0 Å². The van der Waals surface area contributed by atoms with E-state index >= 15 is 0 Å². The van der Waals surface area contributed by atoms with E-state index in [1.54, 1.807) is 6.92 Å². The van der Waals surface area contributed by atoms with E-state index in [9.17, 15) is 21.6 Å². The Labute approximate surface area is 187 Å². The van der Waals surface area contributed by atoms with Gasteiger partial charge in [0.25, 0.3) is 0 Å². The number of benzene rings is 2. The molecule has 2 aromatic carbocycles. The molecule has 9 heteroatoms. The van der Waals surface area contributed by atoms with Crippen LogP contribution >= 0.6 is 0 Å². The number of carbonyl (C=O) groups excluding carboxylic acids is 1. The molecule has 2 N–H and O–H groups in total. The van der Waals surface area contributed by atoms with Crippen molar-refractivity contribution in [3.63, 3.8) is 0 Å². The fourth-order valence-corrected chi connectivity index (χ4v) is 7.24. The molecule has 0 saturated heterocycles. The van der Waals surface area contributed by atoms with Crippen LogP contribution in [-0.4, -0.2) is 28.4 Å². The van der Waals surface area contributed by atoms with E-state index < -0.39 is 46.6 Å². The van der Waals surface area contributed by atoms with Crippen LogP contribution in [0.1, 0.15) is 44.3 Å². The van der Waals surface area contributed by atoms with Gasteiger partial charge in [0.15, 0.2) is 15.6 Å². The molecule has 7 nitrogen and oxygen atoms in total. The van der Waals surface area contributed by atoms with Gasteiger partial charge in [-0.05, 0) is 49.9 Å². The van der Waals surface area contributed by atoms with Crippen molar-refractivity contribution in [3.8, 4) is 0 Å². The molecule has 1 aromatic heterocycles. The number of hydrogen-bond donors (Lipinski definition) is 1. The van der Waals surface area contributed by atoms with Crippen molar-refractivity contribution < 1.29 is 26.0 Å². The lowest BCUT2D eigenvalue weighted by atomic mass is 9.69. The van der Waals surface area contributed by atoms with Crippen LogP contribution in [0.25, 0.3) is 11.0 Å². The smallest absolute Gasteiger partial charge is 0.239 e. The molecule has 1 aliphatic carbocycles. The van der Waals surface area contributed by atoms with Gasteiger partial charge in [-0.3, -0.25) is 4.79 Å². The molecule has 0 atom stereocenters. The first-order valence-electron chi connectivity index (χ1n) is 10.4. The van der Waals surface area contributed by atoms with Crippen LogP contribution in [0.15, 0.2) is 68.8 Å². The van der Waals surface area contributed by atoms with E-state index in [0.29, 0.717) is 25.7 Å². The lowest BCUT2D eigenvalue weighted by Gasteiger charge is -2.35. The van der Waals surface area contributed by atoms with E-state index in [0.717, 1.165) is 22.8 Å². The summed E-state index contributed by atoms with van der Waals surface area (Å²) in [6, 6.07) is 14.9. The molecule has 0 bridgehead atoms. The van der Waals surface area contributed by atoms with E-state index in [-0.39, 0.29) is 5.92 Å². The van der Waals surface area contributed by atoms with Gasteiger partial charge in [-0.1, -0.05) is 37.3 Å². The number of rotatable bonds is 6. The first-order valence-corrected chi connectivity index (χ1v) is 13.6. The largest absolute Gasteiger partial charge is 0.461 e. The van der Waals surface area contributed by atoms with Crippen LogP contribution in [0.2, 0.25) is 0 Å². The Bertz CT molecular complexity index is 1350. The molecule has 0 radical (unpaired) electrons. The average Bonchev–Trinajstić information content (AvgIpc) is 3.17. The van der Waals surface area contributed by atoms with Gasteiger partial charge in [0.2, 0.25) is 10.0 Å². The quantitative estimate of drug-likeness (QED) is 0.578. The summed E-state index contributed by atoms with van der Waals surface area (Å²) in [7, 11) is -8.41. The fraction of sp³-hybridized carbons (Fsp3) is 0.348. The molecule has 1 fully saturated rings. The molecule has 0 spiro atoms. The number of fused-ring (bicyclic) bond motifs is 1. The second-order valence-corrected chi connectivity index (χ2v) is 12.2. The second kappa shape index (κ2) is 8.13. The van der Waals surface area contributed by atoms with Crippen molar-refractivity contribution in [2.45, 2.75) is 48.3 Å². The van der Waals surface area contributed by atoms with Gasteiger partial charge in [-0.25, -0.2) is 22.0 Å². The average molecular weight is 476 g/mol. The minimum absolute atomic E-state index is 0.169. The monoisotopic (exact) mass is 475 g/mol. The molecule has 0 unspecified atom stereocenters. The number of ketones is 1. The summed E-state index contributed by atoms with van der Waals surface area (Å²) in [5.41, 5.74) is 0.0260. The normalized spacial score (nSPS) is 22.1. The van der Waals surface area contributed by atoms with Crippen molar-refractivity contribution in [2.24, 2.45) is 10.6 Å². The maximum atomic E-state index is 13.1. The van der Waals surface area contributed by atoms with Gasteiger partial charge in [0, 0.05) is 16.7 Å². The van der Waals surface area contributed by atoms with E-state index in [1.165, 1.54) is 18.2 Å². The molecule has 3 aromatic rings. The first-order chi connectivity index (χ1) is 15.0. The lowest BCUT2D eigenvalue weighted by molar-refractivity contribution is -0.127. The molecule has 1 saturated carbocycles. The van der Waals surface area contributed by atoms with E-state index in [2.05, 4.69) is 0 Å². The third-order valence-corrected chi connectivity index (χ3v) is 9.19. The third-order valence-electron chi connectivity index (χ3n) is 6.42. The van der Waals surface area contributed by atoms with Crippen molar-refractivity contribution in [2.75, 3.05) is 5.75 Å². The number of primary sulfonamides is 1. The van der Waals surface area contributed by atoms with E-state index in [4.69, 9.17) is 9.56 Å². The summed E-state index contributed by atoms with van der Waals surface area (Å²) < 4.78 is 55.4. The van der Waals surface area contributed by atoms with Crippen LogP contribution in [-0.2, 0) is 24.7 Å². The highest BCUT2D eigenvalue weighted by Crippen LogP contribution is 2.44. The predicted molar refractivity (Wildman–Crippen MR) is 120 cm³/mol. The zero-order valence-corrected chi connectivity index (χ0v) is 19.3. The maximum absolute atomic E-state index is 13.1. The van der Waals surface area contributed by atoms with Gasteiger partial charge in [-0.2, -0.15) is 0 Å². The number of para-hydroxylation sites is 1. The number of hydrogen-bond acceptors (Lipinski definition) is 6. The van der Waals surface area contributed by atoms with E-state index in [1.807, 2.05) is 30.3 Å². The number of sulfonamides is 1. The maximum Gasteiger partial charge on any atom is 0.239 e. The molecular formula is C23H25NO6S2. The van der Waals surface area contributed by atoms with Crippen LogP contribution in [0, 0.1) is 5.41 Å². The summed E-state index contributed by atoms with van der Waals surface area (Å²) in [4.78, 5) is 12.1. The zero-order chi connectivity index (χ0) is 23.1. The van der Waals surface area contributed by atoms with Crippen LogP contribution < -0.4 is 5.14 Å². The predicted octanol–water partition coefficient (Wildman–Crippen LogP) is 3.79. The van der Waals surface area contributed by atoms with Crippen LogP contribution in [0.5, 0.6) is 0 Å². The molecule has 170 valence electrons. The third kappa shape index (κ3) is 4.37. The Hall–Kier alpha value is -2.49. The van der Waals surface area contributed by atoms with Gasteiger partial charge in [0.05, 0.1) is 4.90 Å². The Morgan fingerprint density at radius 2 is 1.59 bits per heavy atom. The van der Waals surface area contributed by atoms with Gasteiger partial charge < -0.3 is 4.42 Å². The van der Waals surface area contributed by atoms with Crippen LogP contribution in [0.3, 0.4) is 0 Å². The molecule has 0 amide bonds. The molecule has 1 heterocycles. The van der Waals surface area contributed by atoms with Crippen molar-refractivity contribution in [1.29, 1.82) is 0 Å². The minimum Gasteiger partial charge on any atom is -0.461 e. The molecule has 1 aliphatic rings. The molecule has 4 rings (SSSR count). The summed E-state index contributed by atoms with van der Waals surface area (Å²) in [6.45, 7) is 1.78. The summed E-state index contributed by atoms with van der Waals surface area (Å²) in [5.74, 6) is -0.117. The Morgan fingerprint density at radius 1 is 1.00 bits per heavy atom. The second-order valence-electron chi connectivity index (χ2n) is 8.70. The first kappa shape index (κ1) is 22.7. The molecule has 0 aliphatic heterocycles. The SMILES string of the molecule is CC1(C(=O)CS(=O)(=O)c2ccccc2S(N)(=O)=O)CCC(c2cc3ccccc3o2)CC1. The number of carbonyl (C=O) groups is 1. The van der Waals surface area contributed by atoms with Gasteiger partial charge in [0.1, 0.15) is 22.0 Å². The fourth-order valence-electron chi connectivity index (χ4n) is 4.39. The number of sulfone groups is 1. The summed E-state index contributed by atoms with van der Waals surface area (Å²) >= 11 is 0. The van der Waals surface area contributed by atoms with Crippen LogP contribution in [0.4, 0.5) is 0 Å². The zero-order valence-electron chi connectivity index (χ0n) is 17.7. The minimum atomic E-state index is -4.24.